The number of halogens is 1. The summed E-state index contributed by atoms with van der Waals surface area (Å²) in [6, 6.07) is 8.37. The van der Waals surface area contributed by atoms with Crippen LogP contribution in [-0.4, -0.2) is 42.8 Å². The van der Waals surface area contributed by atoms with Crippen LogP contribution in [0.3, 0.4) is 0 Å². The van der Waals surface area contributed by atoms with Crippen LogP contribution in [0.1, 0.15) is 24.4 Å². The molecule has 0 aliphatic rings. The maximum atomic E-state index is 13.0. The number of benzene rings is 1. The standard InChI is InChI=1S/C18H20ClN5O4S2/c1-3-24-17(21-22-18(24)29(2,25)26)16(11-13-5-4-10-20-12-13)23-30(27,28)15-8-6-14(19)7-9-15/h4-10,12,16,23H,3,11H2,1-2H3/t16-/m1/s1. The average Bonchev–Trinajstić information content (AvgIpc) is 3.13. The normalized spacial score (nSPS) is 13.3. The summed E-state index contributed by atoms with van der Waals surface area (Å²) < 4.78 is 54.1. The SMILES string of the molecule is CCn1c([C@@H](Cc2cccnc2)NS(=O)(=O)c2ccc(Cl)cc2)nnc1S(C)(=O)=O. The van der Waals surface area contributed by atoms with E-state index in [-0.39, 0.29) is 28.8 Å². The molecule has 0 fully saturated rings. The molecule has 0 saturated carbocycles. The fourth-order valence-corrected chi connectivity index (χ4v) is 5.07. The Labute approximate surface area is 180 Å². The predicted molar refractivity (Wildman–Crippen MR) is 111 cm³/mol. The van der Waals surface area contributed by atoms with E-state index in [9.17, 15) is 16.8 Å². The lowest BCUT2D eigenvalue weighted by Crippen LogP contribution is -2.32. The third kappa shape index (κ3) is 5.04. The number of pyridine rings is 1. The van der Waals surface area contributed by atoms with E-state index in [2.05, 4.69) is 19.9 Å². The third-order valence-electron chi connectivity index (χ3n) is 4.29. The molecule has 0 radical (unpaired) electrons. The Hall–Kier alpha value is -2.34. The lowest BCUT2D eigenvalue weighted by molar-refractivity contribution is 0.512. The summed E-state index contributed by atoms with van der Waals surface area (Å²) >= 11 is 5.86. The number of sulfonamides is 1. The van der Waals surface area contributed by atoms with Crippen molar-refractivity contribution in [2.24, 2.45) is 0 Å². The van der Waals surface area contributed by atoms with Gasteiger partial charge in [-0.25, -0.2) is 21.6 Å². The van der Waals surface area contributed by atoms with Crippen LogP contribution in [0.5, 0.6) is 0 Å². The fraction of sp³-hybridized carbons (Fsp3) is 0.278. The number of nitrogens with one attached hydrogen (secondary N) is 1. The van der Waals surface area contributed by atoms with Gasteiger partial charge in [0.25, 0.3) is 0 Å². The van der Waals surface area contributed by atoms with Crippen molar-refractivity contribution in [2.45, 2.75) is 36.0 Å². The monoisotopic (exact) mass is 469 g/mol. The van der Waals surface area contributed by atoms with Crippen molar-refractivity contribution in [1.29, 1.82) is 0 Å². The van der Waals surface area contributed by atoms with E-state index >= 15 is 0 Å². The summed E-state index contributed by atoms with van der Waals surface area (Å²) in [5.74, 6) is 0.194. The minimum Gasteiger partial charge on any atom is -0.301 e. The molecule has 0 aliphatic carbocycles. The molecule has 0 bridgehead atoms. The molecule has 0 saturated heterocycles. The molecule has 30 heavy (non-hydrogen) atoms. The molecule has 0 spiro atoms. The van der Waals surface area contributed by atoms with Crippen LogP contribution in [0.15, 0.2) is 58.8 Å². The number of aromatic nitrogens is 4. The number of sulfone groups is 1. The van der Waals surface area contributed by atoms with Gasteiger partial charge in [0.1, 0.15) is 0 Å². The Morgan fingerprint density at radius 3 is 2.37 bits per heavy atom. The van der Waals surface area contributed by atoms with Crippen molar-refractivity contribution in [3.63, 3.8) is 0 Å². The first-order valence-electron chi connectivity index (χ1n) is 8.91. The molecule has 160 valence electrons. The van der Waals surface area contributed by atoms with Gasteiger partial charge in [-0.3, -0.25) is 4.98 Å². The molecule has 12 heteroatoms. The highest BCUT2D eigenvalue weighted by molar-refractivity contribution is 7.90. The van der Waals surface area contributed by atoms with Crippen molar-refractivity contribution >= 4 is 31.5 Å². The van der Waals surface area contributed by atoms with Gasteiger partial charge >= 0.3 is 0 Å². The van der Waals surface area contributed by atoms with E-state index in [0.717, 1.165) is 11.8 Å². The zero-order chi connectivity index (χ0) is 21.9. The zero-order valence-electron chi connectivity index (χ0n) is 16.2. The van der Waals surface area contributed by atoms with Gasteiger partial charge in [0.15, 0.2) is 5.82 Å². The van der Waals surface area contributed by atoms with Crippen molar-refractivity contribution in [3.8, 4) is 0 Å². The predicted octanol–water partition coefficient (Wildman–Crippen LogP) is 2.01. The molecular formula is C18H20ClN5O4S2. The minimum atomic E-state index is -3.96. The van der Waals surface area contributed by atoms with Gasteiger partial charge in [0.05, 0.1) is 10.9 Å². The zero-order valence-corrected chi connectivity index (χ0v) is 18.6. The fourth-order valence-electron chi connectivity index (χ4n) is 2.94. The van der Waals surface area contributed by atoms with Gasteiger partial charge < -0.3 is 4.57 Å². The van der Waals surface area contributed by atoms with E-state index in [1.807, 2.05) is 0 Å². The maximum Gasteiger partial charge on any atom is 0.249 e. The molecule has 9 nitrogen and oxygen atoms in total. The van der Waals surface area contributed by atoms with E-state index in [0.29, 0.717) is 5.02 Å². The summed E-state index contributed by atoms with van der Waals surface area (Å²) in [7, 11) is -7.60. The van der Waals surface area contributed by atoms with Crippen LogP contribution in [0.4, 0.5) is 0 Å². The summed E-state index contributed by atoms with van der Waals surface area (Å²) in [5, 5.41) is 7.99. The maximum absolute atomic E-state index is 13.0. The van der Waals surface area contributed by atoms with Crippen LogP contribution >= 0.6 is 11.6 Å². The van der Waals surface area contributed by atoms with Gasteiger partial charge in [0.2, 0.25) is 25.0 Å². The molecule has 2 aromatic heterocycles. The Morgan fingerprint density at radius 2 is 1.80 bits per heavy atom. The van der Waals surface area contributed by atoms with Crippen LogP contribution in [0, 0.1) is 0 Å². The number of rotatable bonds is 8. The summed E-state index contributed by atoms with van der Waals surface area (Å²) in [6.45, 7) is 1.98. The van der Waals surface area contributed by atoms with Gasteiger partial charge in [0, 0.05) is 30.2 Å². The third-order valence-corrected chi connectivity index (χ3v) is 6.99. The van der Waals surface area contributed by atoms with E-state index < -0.39 is 25.9 Å². The summed E-state index contributed by atoms with van der Waals surface area (Å²) in [4.78, 5) is 4.07. The molecule has 3 rings (SSSR count). The molecule has 0 unspecified atom stereocenters. The van der Waals surface area contributed by atoms with Crippen LogP contribution in [-0.2, 0) is 32.8 Å². The summed E-state index contributed by atoms with van der Waals surface area (Å²) in [6.07, 6.45) is 4.43. The minimum absolute atomic E-state index is 0.0222. The number of nitrogens with zero attached hydrogens (tertiary/aromatic N) is 4. The van der Waals surface area contributed by atoms with Gasteiger partial charge in [-0.15, -0.1) is 10.2 Å². The second-order valence-electron chi connectivity index (χ2n) is 6.55. The topological polar surface area (TPSA) is 124 Å². The molecule has 1 N–H and O–H groups in total. The molecule has 1 atom stereocenters. The second-order valence-corrected chi connectivity index (χ2v) is 10.6. The molecule has 0 aliphatic heterocycles. The van der Waals surface area contributed by atoms with E-state index in [1.165, 1.54) is 28.8 Å². The van der Waals surface area contributed by atoms with Gasteiger partial charge in [-0.1, -0.05) is 17.7 Å². The average molecular weight is 470 g/mol. The molecule has 3 aromatic rings. The van der Waals surface area contributed by atoms with Crippen molar-refractivity contribution < 1.29 is 16.8 Å². The van der Waals surface area contributed by atoms with E-state index in [4.69, 9.17) is 11.6 Å². The summed E-state index contributed by atoms with van der Waals surface area (Å²) in [5.41, 5.74) is 0.743. The van der Waals surface area contributed by atoms with Gasteiger partial charge in [-0.05, 0) is 49.2 Å². The highest BCUT2D eigenvalue weighted by atomic mass is 35.5. The molecular weight excluding hydrogens is 450 g/mol. The highest BCUT2D eigenvalue weighted by Gasteiger charge is 2.29. The van der Waals surface area contributed by atoms with Crippen molar-refractivity contribution in [3.05, 3.63) is 65.2 Å². The second kappa shape index (κ2) is 8.80. The first-order valence-corrected chi connectivity index (χ1v) is 12.7. The number of hydrogen-bond acceptors (Lipinski definition) is 7. The van der Waals surface area contributed by atoms with Crippen LogP contribution in [0.2, 0.25) is 5.02 Å². The number of hydrogen-bond donors (Lipinski definition) is 1. The Morgan fingerprint density at radius 1 is 1.10 bits per heavy atom. The molecule has 1 aromatic carbocycles. The first-order chi connectivity index (χ1) is 14.1. The smallest absolute Gasteiger partial charge is 0.249 e. The molecule has 0 amide bonds. The van der Waals surface area contributed by atoms with Crippen molar-refractivity contribution in [2.75, 3.05) is 6.26 Å². The van der Waals surface area contributed by atoms with Crippen LogP contribution < -0.4 is 4.72 Å². The Balaban J connectivity index is 2.06. The Kier molecular flexibility index (Phi) is 6.56. The highest BCUT2D eigenvalue weighted by Crippen LogP contribution is 2.23. The lowest BCUT2D eigenvalue weighted by atomic mass is 10.1. The Bertz CT molecular complexity index is 1230. The first kappa shape index (κ1) is 22.3. The lowest BCUT2D eigenvalue weighted by Gasteiger charge is -2.19. The largest absolute Gasteiger partial charge is 0.301 e. The van der Waals surface area contributed by atoms with Crippen molar-refractivity contribution in [1.82, 2.24) is 24.5 Å². The van der Waals surface area contributed by atoms with Crippen LogP contribution in [0.25, 0.3) is 0 Å². The quantitative estimate of drug-likeness (QED) is 0.535. The van der Waals surface area contributed by atoms with E-state index in [1.54, 1.807) is 31.5 Å². The van der Waals surface area contributed by atoms with Gasteiger partial charge in [-0.2, -0.15) is 0 Å². The molecule has 2 heterocycles.